The molecule has 0 aromatic carbocycles. The molecule has 1 heterocycles. The van der Waals surface area contributed by atoms with Crippen LogP contribution in [0.5, 0.6) is 0 Å². The molecule has 0 bridgehead atoms. The summed E-state index contributed by atoms with van der Waals surface area (Å²) in [5.74, 6) is -0.864. The van der Waals surface area contributed by atoms with Crippen LogP contribution in [0.3, 0.4) is 0 Å². The number of ether oxygens (including phenoxy) is 2. The first kappa shape index (κ1) is 24.0. The van der Waals surface area contributed by atoms with Gasteiger partial charge in [0.25, 0.3) is 0 Å². The highest BCUT2D eigenvalue weighted by Gasteiger charge is 2.54. The van der Waals surface area contributed by atoms with E-state index >= 15 is 0 Å². The summed E-state index contributed by atoms with van der Waals surface area (Å²) in [6.07, 6.45) is 2.59. The SMILES string of the molecule is Cc1nsc(C(CCCCCC#N)(C(=O)OC(C)(C)C)C(=O)OC(C)(C)C)n1. The minimum Gasteiger partial charge on any atom is -0.459 e. The zero-order valence-corrected chi connectivity index (χ0v) is 18.7. The Morgan fingerprint density at radius 2 is 1.54 bits per heavy atom. The van der Waals surface area contributed by atoms with Crippen molar-refractivity contribution in [2.45, 2.75) is 97.2 Å². The highest BCUT2D eigenvalue weighted by atomic mass is 32.1. The van der Waals surface area contributed by atoms with Gasteiger partial charge in [-0.15, -0.1) is 0 Å². The fraction of sp³-hybridized carbons (Fsp3) is 0.750. The van der Waals surface area contributed by atoms with Gasteiger partial charge in [0.05, 0.1) is 6.07 Å². The van der Waals surface area contributed by atoms with Crippen LogP contribution in [0.2, 0.25) is 0 Å². The Bertz CT molecular complexity index is 695. The maximum absolute atomic E-state index is 13.3. The minimum atomic E-state index is -1.67. The maximum Gasteiger partial charge on any atom is 0.331 e. The van der Waals surface area contributed by atoms with Gasteiger partial charge in [0, 0.05) is 6.42 Å². The van der Waals surface area contributed by atoms with Gasteiger partial charge in [-0.2, -0.15) is 9.64 Å². The monoisotopic (exact) mass is 409 g/mol. The van der Waals surface area contributed by atoms with E-state index in [1.165, 1.54) is 0 Å². The first-order valence-electron chi connectivity index (χ1n) is 9.46. The molecular formula is C20H31N3O4S. The average molecular weight is 410 g/mol. The molecule has 0 unspecified atom stereocenters. The molecule has 0 aliphatic carbocycles. The number of hydrogen-bond acceptors (Lipinski definition) is 8. The number of carbonyl (C=O) groups is 2. The zero-order chi connectivity index (χ0) is 21.6. The number of carbonyl (C=O) groups excluding carboxylic acids is 2. The van der Waals surface area contributed by atoms with Crippen LogP contribution in [0.1, 0.15) is 84.5 Å². The van der Waals surface area contributed by atoms with Crippen molar-refractivity contribution in [3.8, 4) is 6.07 Å². The average Bonchev–Trinajstić information content (AvgIpc) is 2.94. The van der Waals surface area contributed by atoms with Gasteiger partial charge in [-0.1, -0.05) is 12.8 Å². The van der Waals surface area contributed by atoms with Crippen LogP contribution in [0.4, 0.5) is 0 Å². The van der Waals surface area contributed by atoms with E-state index in [2.05, 4.69) is 15.4 Å². The van der Waals surface area contributed by atoms with Crippen molar-refractivity contribution in [2.75, 3.05) is 0 Å². The Balaban J connectivity index is 3.37. The molecule has 0 radical (unpaired) electrons. The van der Waals surface area contributed by atoms with Gasteiger partial charge in [0.2, 0.25) is 5.41 Å². The lowest BCUT2D eigenvalue weighted by Gasteiger charge is -2.33. The topological polar surface area (TPSA) is 102 Å². The fourth-order valence-corrected chi connectivity index (χ4v) is 3.40. The van der Waals surface area contributed by atoms with Crippen LogP contribution in [0, 0.1) is 18.3 Å². The van der Waals surface area contributed by atoms with E-state index < -0.39 is 28.6 Å². The molecule has 0 atom stereocenters. The van der Waals surface area contributed by atoms with Crippen LogP contribution < -0.4 is 0 Å². The third-order valence-electron chi connectivity index (χ3n) is 3.73. The number of nitriles is 1. The van der Waals surface area contributed by atoms with Crippen molar-refractivity contribution in [3.63, 3.8) is 0 Å². The first-order chi connectivity index (χ1) is 12.8. The zero-order valence-electron chi connectivity index (χ0n) is 17.9. The van der Waals surface area contributed by atoms with Gasteiger partial charge >= 0.3 is 11.9 Å². The molecule has 0 fully saturated rings. The predicted octanol–water partition coefficient (Wildman–Crippen LogP) is 4.24. The second kappa shape index (κ2) is 9.46. The third kappa shape index (κ3) is 6.86. The first-order valence-corrected chi connectivity index (χ1v) is 10.2. The van der Waals surface area contributed by atoms with Crippen LogP contribution in [0.25, 0.3) is 0 Å². The molecule has 0 aliphatic heterocycles. The molecule has 7 nitrogen and oxygen atoms in total. The Morgan fingerprint density at radius 1 is 1.00 bits per heavy atom. The Hall–Kier alpha value is -2.01. The fourth-order valence-electron chi connectivity index (χ4n) is 2.54. The van der Waals surface area contributed by atoms with E-state index in [0.717, 1.165) is 11.5 Å². The number of nitrogens with zero attached hydrogens (tertiary/aromatic N) is 3. The van der Waals surface area contributed by atoms with Crippen molar-refractivity contribution in [2.24, 2.45) is 0 Å². The van der Waals surface area contributed by atoms with Crippen molar-refractivity contribution in [1.29, 1.82) is 5.26 Å². The van der Waals surface area contributed by atoms with Gasteiger partial charge in [0.1, 0.15) is 22.0 Å². The number of hydrogen-bond donors (Lipinski definition) is 0. The summed E-state index contributed by atoms with van der Waals surface area (Å²) in [4.78, 5) is 31.0. The molecule has 0 N–H and O–H groups in total. The highest BCUT2D eigenvalue weighted by Crippen LogP contribution is 2.37. The second-order valence-electron chi connectivity index (χ2n) is 8.77. The molecule has 0 saturated heterocycles. The van der Waals surface area contributed by atoms with Gasteiger partial charge in [-0.05, 0) is 72.8 Å². The second-order valence-corrected chi connectivity index (χ2v) is 9.53. The lowest BCUT2D eigenvalue weighted by Crippen LogP contribution is -2.50. The van der Waals surface area contributed by atoms with Crippen LogP contribution in [-0.4, -0.2) is 32.5 Å². The summed E-state index contributed by atoms with van der Waals surface area (Å²) in [7, 11) is 0. The molecule has 0 spiro atoms. The summed E-state index contributed by atoms with van der Waals surface area (Å²) in [6.45, 7) is 12.2. The van der Waals surface area contributed by atoms with E-state index in [0.29, 0.717) is 31.5 Å². The van der Waals surface area contributed by atoms with Gasteiger partial charge in [0.15, 0.2) is 0 Å². The Labute approximate surface area is 171 Å². The Morgan fingerprint density at radius 3 is 1.93 bits per heavy atom. The van der Waals surface area contributed by atoms with Gasteiger partial charge in [-0.25, -0.2) is 4.98 Å². The lowest BCUT2D eigenvalue weighted by atomic mass is 9.82. The third-order valence-corrected chi connectivity index (χ3v) is 4.70. The molecule has 1 aromatic rings. The van der Waals surface area contributed by atoms with E-state index in [1.807, 2.05) is 0 Å². The van der Waals surface area contributed by atoms with Crippen LogP contribution in [0.15, 0.2) is 0 Å². The number of aromatic nitrogens is 2. The summed E-state index contributed by atoms with van der Waals surface area (Å²) >= 11 is 1.02. The van der Waals surface area contributed by atoms with Crippen molar-refractivity contribution in [3.05, 3.63) is 10.8 Å². The van der Waals surface area contributed by atoms with E-state index in [-0.39, 0.29) is 11.4 Å². The number of rotatable bonds is 8. The van der Waals surface area contributed by atoms with Crippen molar-refractivity contribution >= 4 is 23.5 Å². The molecule has 8 heteroatoms. The maximum atomic E-state index is 13.3. The molecule has 1 rings (SSSR count). The Kier molecular flexibility index (Phi) is 8.12. The van der Waals surface area contributed by atoms with Gasteiger partial charge in [-0.3, -0.25) is 9.59 Å². The summed E-state index contributed by atoms with van der Waals surface area (Å²) in [6, 6.07) is 2.10. The number of unbranched alkanes of at least 4 members (excludes halogenated alkanes) is 3. The molecule has 156 valence electrons. The standard InChI is InChI=1S/C20H31N3O4S/c1-14-22-15(28-23-14)20(12-10-8-9-11-13-21,16(24)26-18(2,3)4)17(25)27-19(5,6)7/h8-12H2,1-7H3. The molecule has 0 amide bonds. The molecule has 28 heavy (non-hydrogen) atoms. The van der Waals surface area contributed by atoms with Crippen LogP contribution >= 0.6 is 11.5 Å². The summed E-state index contributed by atoms with van der Waals surface area (Å²) in [5, 5.41) is 9.01. The molecule has 0 aliphatic rings. The lowest BCUT2D eigenvalue weighted by molar-refractivity contribution is -0.178. The molecule has 0 saturated carbocycles. The highest BCUT2D eigenvalue weighted by molar-refractivity contribution is 7.06. The van der Waals surface area contributed by atoms with E-state index in [9.17, 15) is 9.59 Å². The summed E-state index contributed by atoms with van der Waals surface area (Å²) < 4.78 is 15.4. The van der Waals surface area contributed by atoms with Crippen molar-refractivity contribution < 1.29 is 19.1 Å². The smallest absolute Gasteiger partial charge is 0.331 e. The minimum absolute atomic E-state index is 0.191. The van der Waals surface area contributed by atoms with E-state index in [1.54, 1.807) is 48.5 Å². The molecular weight excluding hydrogens is 378 g/mol. The van der Waals surface area contributed by atoms with Crippen LogP contribution in [-0.2, 0) is 24.5 Å². The quantitative estimate of drug-likeness (QED) is 0.359. The normalized spacial score (nSPS) is 12.4. The number of esters is 2. The molecule has 1 aromatic heterocycles. The summed E-state index contributed by atoms with van der Waals surface area (Å²) in [5.41, 5.74) is -3.21. The number of aryl methyl sites for hydroxylation is 1. The largest absolute Gasteiger partial charge is 0.459 e. The predicted molar refractivity (Wildman–Crippen MR) is 107 cm³/mol. The van der Waals surface area contributed by atoms with Gasteiger partial charge < -0.3 is 9.47 Å². The van der Waals surface area contributed by atoms with Crippen molar-refractivity contribution in [1.82, 2.24) is 9.36 Å². The van der Waals surface area contributed by atoms with E-state index in [4.69, 9.17) is 14.7 Å².